The summed E-state index contributed by atoms with van der Waals surface area (Å²) in [6.45, 7) is 7.57. The molecule has 3 fully saturated rings. The van der Waals surface area contributed by atoms with E-state index < -0.39 is 0 Å². The third-order valence-corrected chi connectivity index (χ3v) is 8.30. The molecule has 1 aliphatic carbocycles. The maximum Gasteiger partial charge on any atom is 0.223 e. The number of hydrogen-bond donors (Lipinski definition) is 1. The van der Waals surface area contributed by atoms with Crippen molar-refractivity contribution in [3.8, 4) is 0 Å². The van der Waals surface area contributed by atoms with Gasteiger partial charge in [-0.05, 0) is 57.4 Å². The summed E-state index contributed by atoms with van der Waals surface area (Å²) in [5.74, 6) is 3.06. The fourth-order valence-electron chi connectivity index (χ4n) is 6.30. The third kappa shape index (κ3) is 4.59. The second-order valence-electron chi connectivity index (χ2n) is 10.8. The van der Waals surface area contributed by atoms with E-state index in [1.165, 1.54) is 37.7 Å². The van der Waals surface area contributed by atoms with Crippen molar-refractivity contribution in [1.29, 1.82) is 0 Å². The summed E-state index contributed by atoms with van der Waals surface area (Å²) in [6, 6.07) is 12.4. The first-order valence-corrected chi connectivity index (χ1v) is 13.0. The van der Waals surface area contributed by atoms with Gasteiger partial charge in [0.25, 0.3) is 0 Å². The van der Waals surface area contributed by atoms with Crippen molar-refractivity contribution in [2.24, 2.45) is 5.92 Å². The fraction of sp³-hybridized carbons (Fsp3) is 0.667. The van der Waals surface area contributed by atoms with Gasteiger partial charge < -0.3 is 9.88 Å². The van der Waals surface area contributed by atoms with Crippen LogP contribution in [0, 0.1) is 12.8 Å². The van der Waals surface area contributed by atoms with Crippen LogP contribution in [0.1, 0.15) is 100 Å². The predicted octanol–water partition coefficient (Wildman–Crippen LogP) is 4.93. The Morgan fingerprint density at radius 3 is 2.33 bits per heavy atom. The first kappa shape index (κ1) is 22.6. The van der Waals surface area contributed by atoms with Crippen LogP contribution in [0.5, 0.6) is 0 Å². The van der Waals surface area contributed by atoms with Gasteiger partial charge in [0.2, 0.25) is 5.91 Å². The summed E-state index contributed by atoms with van der Waals surface area (Å²) in [7, 11) is 0. The molecule has 2 saturated heterocycles. The van der Waals surface area contributed by atoms with Crippen molar-refractivity contribution in [3.05, 3.63) is 47.5 Å². The molecule has 5 rings (SSSR count). The van der Waals surface area contributed by atoms with Crippen LogP contribution in [-0.2, 0) is 4.79 Å². The van der Waals surface area contributed by atoms with Crippen molar-refractivity contribution in [2.75, 3.05) is 6.54 Å². The zero-order valence-electron chi connectivity index (χ0n) is 20.4. The number of aryl methyl sites for hydroxylation is 1. The van der Waals surface area contributed by atoms with E-state index in [1.807, 2.05) is 0 Å². The van der Waals surface area contributed by atoms with Crippen molar-refractivity contribution < 1.29 is 4.79 Å². The molecule has 3 heterocycles. The van der Waals surface area contributed by atoms with Crippen LogP contribution in [0.3, 0.4) is 0 Å². The summed E-state index contributed by atoms with van der Waals surface area (Å²) in [4.78, 5) is 15.5. The highest BCUT2D eigenvalue weighted by atomic mass is 16.2. The van der Waals surface area contributed by atoms with Crippen LogP contribution in [0.25, 0.3) is 0 Å². The van der Waals surface area contributed by atoms with E-state index >= 15 is 0 Å². The van der Waals surface area contributed by atoms with Crippen LogP contribution in [0.2, 0.25) is 0 Å². The maximum atomic E-state index is 12.8. The lowest BCUT2D eigenvalue weighted by Gasteiger charge is -2.41. The standard InChI is InChI=1S/C27H39N5O/c1-18(2)26-30-29-19(3)32(26)24-16-22-12-13-23(17-24)31(22)15-14-25(20-8-5-4-6-9-20)28-27(33)21-10-7-11-21/h4-6,8-9,18,21-25H,7,10-17H2,1-3H3,(H,28,33). The van der Waals surface area contributed by atoms with Crippen LogP contribution in [0.4, 0.5) is 0 Å². The molecule has 0 radical (unpaired) electrons. The lowest BCUT2D eigenvalue weighted by molar-refractivity contribution is -0.128. The van der Waals surface area contributed by atoms with Gasteiger partial charge in [0.05, 0.1) is 6.04 Å². The molecule has 2 aromatic rings. The van der Waals surface area contributed by atoms with Crippen molar-refractivity contribution >= 4 is 5.91 Å². The van der Waals surface area contributed by atoms with Gasteiger partial charge in [-0.3, -0.25) is 9.69 Å². The van der Waals surface area contributed by atoms with E-state index in [9.17, 15) is 4.79 Å². The van der Waals surface area contributed by atoms with Crippen molar-refractivity contribution in [3.63, 3.8) is 0 Å². The Kier molecular flexibility index (Phi) is 6.55. The van der Waals surface area contributed by atoms with E-state index in [0.717, 1.165) is 37.5 Å². The molecule has 2 bridgehead atoms. The molecule has 0 spiro atoms. The fourth-order valence-corrected chi connectivity index (χ4v) is 6.30. The van der Waals surface area contributed by atoms with Crippen LogP contribution < -0.4 is 5.32 Å². The molecular formula is C27H39N5O. The maximum absolute atomic E-state index is 12.8. The molecular weight excluding hydrogens is 410 g/mol. The summed E-state index contributed by atoms with van der Waals surface area (Å²) < 4.78 is 2.43. The Labute approximate surface area is 198 Å². The molecule has 178 valence electrons. The minimum atomic E-state index is 0.101. The SMILES string of the molecule is Cc1nnc(C(C)C)n1C1CC2CCC(C1)N2CCC(NC(=O)C1CCC1)c1ccccc1. The van der Waals surface area contributed by atoms with E-state index in [2.05, 4.69) is 76.1 Å². The molecule has 3 aliphatic rings. The lowest BCUT2D eigenvalue weighted by atomic mass is 9.84. The monoisotopic (exact) mass is 449 g/mol. The van der Waals surface area contributed by atoms with E-state index in [1.54, 1.807) is 0 Å². The average Bonchev–Trinajstić information content (AvgIpc) is 3.26. The highest BCUT2D eigenvalue weighted by Crippen LogP contribution is 2.42. The Morgan fingerprint density at radius 1 is 1.03 bits per heavy atom. The highest BCUT2D eigenvalue weighted by molar-refractivity contribution is 5.79. The molecule has 33 heavy (non-hydrogen) atoms. The quantitative estimate of drug-likeness (QED) is 0.621. The van der Waals surface area contributed by atoms with Gasteiger partial charge in [0.1, 0.15) is 11.6 Å². The molecule has 1 aromatic heterocycles. The molecule has 6 nitrogen and oxygen atoms in total. The zero-order chi connectivity index (χ0) is 22.9. The number of fused-ring (bicyclic) bond motifs is 2. The van der Waals surface area contributed by atoms with Gasteiger partial charge in [-0.15, -0.1) is 10.2 Å². The second kappa shape index (κ2) is 9.57. The van der Waals surface area contributed by atoms with Gasteiger partial charge in [0.15, 0.2) is 0 Å². The minimum absolute atomic E-state index is 0.101. The number of hydrogen-bond acceptors (Lipinski definition) is 4. The number of piperidine rings is 1. The first-order chi connectivity index (χ1) is 16.0. The smallest absolute Gasteiger partial charge is 0.223 e. The number of nitrogens with zero attached hydrogens (tertiary/aromatic N) is 4. The third-order valence-electron chi connectivity index (χ3n) is 8.30. The second-order valence-corrected chi connectivity index (χ2v) is 10.8. The normalized spacial score (nSPS) is 26.4. The molecule has 1 aromatic carbocycles. The number of rotatable bonds is 8. The number of amides is 1. The number of carbonyl (C=O) groups excluding carboxylic acids is 1. The average molecular weight is 450 g/mol. The predicted molar refractivity (Wildman–Crippen MR) is 130 cm³/mol. The van der Waals surface area contributed by atoms with Gasteiger partial charge in [0, 0.05) is 36.5 Å². The van der Waals surface area contributed by atoms with Gasteiger partial charge in [-0.25, -0.2) is 0 Å². The molecule has 1 amide bonds. The molecule has 1 saturated carbocycles. The first-order valence-electron chi connectivity index (χ1n) is 13.0. The summed E-state index contributed by atoms with van der Waals surface area (Å²) in [6.07, 6.45) is 9.18. The van der Waals surface area contributed by atoms with Crippen molar-refractivity contribution in [1.82, 2.24) is 25.0 Å². The molecule has 1 N–H and O–H groups in total. The largest absolute Gasteiger partial charge is 0.349 e. The minimum Gasteiger partial charge on any atom is -0.349 e. The Bertz CT molecular complexity index is 937. The van der Waals surface area contributed by atoms with E-state index in [0.29, 0.717) is 24.0 Å². The number of nitrogens with one attached hydrogen (secondary N) is 1. The number of benzene rings is 1. The van der Waals surface area contributed by atoms with Crippen LogP contribution in [-0.4, -0.2) is 44.2 Å². The highest BCUT2D eigenvalue weighted by Gasteiger charge is 2.42. The molecule has 3 atom stereocenters. The van der Waals surface area contributed by atoms with Crippen LogP contribution in [0.15, 0.2) is 30.3 Å². The molecule has 2 aliphatic heterocycles. The van der Waals surface area contributed by atoms with Crippen LogP contribution >= 0.6 is 0 Å². The van der Waals surface area contributed by atoms with Gasteiger partial charge >= 0.3 is 0 Å². The summed E-state index contributed by atoms with van der Waals surface area (Å²) in [5, 5.41) is 12.3. The Hall–Kier alpha value is -2.21. The lowest BCUT2D eigenvalue weighted by Crippen LogP contribution is -2.45. The summed E-state index contributed by atoms with van der Waals surface area (Å²) in [5.41, 5.74) is 1.23. The topological polar surface area (TPSA) is 63.1 Å². The van der Waals surface area contributed by atoms with E-state index in [-0.39, 0.29) is 17.9 Å². The number of carbonyl (C=O) groups is 1. The zero-order valence-corrected chi connectivity index (χ0v) is 20.4. The van der Waals surface area contributed by atoms with Crippen molar-refractivity contribution in [2.45, 2.75) is 102 Å². The van der Waals surface area contributed by atoms with Gasteiger partial charge in [-0.1, -0.05) is 50.6 Å². The Morgan fingerprint density at radius 2 is 1.73 bits per heavy atom. The van der Waals surface area contributed by atoms with E-state index in [4.69, 9.17) is 0 Å². The number of aromatic nitrogens is 3. The molecule has 3 unspecified atom stereocenters. The summed E-state index contributed by atoms with van der Waals surface area (Å²) >= 11 is 0. The Balaban J connectivity index is 1.26. The van der Waals surface area contributed by atoms with Gasteiger partial charge in [-0.2, -0.15) is 0 Å². The molecule has 6 heteroatoms.